The van der Waals surface area contributed by atoms with Gasteiger partial charge in [-0.2, -0.15) is 0 Å². The molecular formula is C6H10CuO4. The Morgan fingerprint density at radius 3 is 1.64 bits per heavy atom. The monoisotopic (exact) mass is 209 g/mol. The Balaban J connectivity index is -0.000000107. The second kappa shape index (κ2) is 11.9. The number of aliphatic carboxylic acids is 2. The van der Waals surface area contributed by atoms with Crippen LogP contribution in [0.2, 0.25) is 0 Å². The van der Waals surface area contributed by atoms with Crippen LogP contribution in [-0.2, 0) is 26.7 Å². The average Bonchev–Trinajstić information content (AvgIpc) is 1.89. The fraction of sp³-hybridized carbons (Fsp3) is 0.333. The Labute approximate surface area is 75.4 Å². The van der Waals surface area contributed by atoms with Gasteiger partial charge in [-0.05, 0) is 0 Å². The van der Waals surface area contributed by atoms with Crippen LogP contribution in [0.15, 0.2) is 12.7 Å². The molecule has 0 aliphatic carbocycles. The van der Waals surface area contributed by atoms with Crippen molar-refractivity contribution in [1.29, 1.82) is 0 Å². The zero-order valence-electron chi connectivity index (χ0n) is 6.00. The van der Waals surface area contributed by atoms with Gasteiger partial charge in [0.05, 0.1) is 0 Å². The van der Waals surface area contributed by atoms with E-state index in [-0.39, 0.29) is 23.5 Å². The third-order valence-corrected chi connectivity index (χ3v) is 0.477. The minimum atomic E-state index is -0.981. The molecule has 0 aromatic carbocycles. The topological polar surface area (TPSA) is 74.6 Å². The van der Waals surface area contributed by atoms with Gasteiger partial charge in [0.2, 0.25) is 0 Å². The quantitative estimate of drug-likeness (QED) is 0.520. The van der Waals surface area contributed by atoms with Crippen molar-refractivity contribution in [2.75, 3.05) is 0 Å². The van der Waals surface area contributed by atoms with Gasteiger partial charge in [0, 0.05) is 29.6 Å². The van der Waals surface area contributed by atoms with E-state index < -0.39 is 11.9 Å². The first kappa shape index (κ1) is 16.7. The number of carbonyl (C=O) groups is 2. The smallest absolute Gasteiger partial charge is 0.327 e. The molecular weight excluding hydrogens is 200 g/mol. The predicted molar refractivity (Wildman–Crippen MR) is 35.8 cm³/mol. The zero-order chi connectivity index (χ0) is 8.57. The van der Waals surface area contributed by atoms with E-state index in [4.69, 9.17) is 10.2 Å². The Kier molecular flexibility index (Phi) is 18.1. The Bertz CT molecular complexity index is 133. The van der Waals surface area contributed by atoms with Crippen molar-refractivity contribution >= 4 is 11.9 Å². The minimum absolute atomic E-state index is 0. The Hall–Kier alpha value is -0.801. The third kappa shape index (κ3) is 46.6. The molecule has 0 fully saturated rings. The molecule has 0 saturated heterocycles. The first-order valence-corrected chi connectivity index (χ1v) is 2.61. The summed E-state index contributed by atoms with van der Waals surface area (Å²) in [5.74, 6) is -1.73. The van der Waals surface area contributed by atoms with E-state index in [9.17, 15) is 9.59 Å². The van der Waals surface area contributed by atoms with Crippen molar-refractivity contribution in [3.8, 4) is 0 Å². The van der Waals surface area contributed by atoms with Crippen molar-refractivity contribution in [3.63, 3.8) is 0 Å². The van der Waals surface area contributed by atoms with Gasteiger partial charge in [-0.3, -0.25) is 4.79 Å². The van der Waals surface area contributed by atoms with E-state index in [0.29, 0.717) is 0 Å². The molecule has 0 aliphatic rings. The normalized spacial score (nSPS) is 6.27. The summed E-state index contributed by atoms with van der Waals surface area (Å²) in [4.78, 5) is 18.6. The van der Waals surface area contributed by atoms with Crippen LogP contribution in [0.3, 0.4) is 0 Å². The Morgan fingerprint density at radius 2 is 1.64 bits per heavy atom. The predicted octanol–water partition coefficient (Wildman–Crippen LogP) is 0.736. The standard InChI is InChI=1S/C3H6O2.C3H4O2.Cu/c2*1-2-3(4)5;/h2H2,1H3,(H,4,5);2H,1H2,(H,4,5);. The van der Waals surface area contributed by atoms with Crippen LogP contribution < -0.4 is 0 Å². The van der Waals surface area contributed by atoms with Crippen molar-refractivity contribution in [2.24, 2.45) is 0 Å². The average molecular weight is 210 g/mol. The largest absolute Gasteiger partial charge is 0.481 e. The summed E-state index contributed by atoms with van der Waals surface area (Å²) >= 11 is 0. The summed E-state index contributed by atoms with van der Waals surface area (Å²) in [6.07, 6.45) is 1.06. The van der Waals surface area contributed by atoms with Crippen LogP contribution in [0.4, 0.5) is 0 Å². The number of hydrogen-bond acceptors (Lipinski definition) is 2. The summed E-state index contributed by atoms with van der Waals surface area (Å²) in [5.41, 5.74) is 0. The summed E-state index contributed by atoms with van der Waals surface area (Å²) in [5, 5.41) is 15.3. The SMILES string of the molecule is C=CC(=O)O.CCC(=O)O.[Cu]. The summed E-state index contributed by atoms with van der Waals surface area (Å²) in [6.45, 7) is 4.56. The molecule has 4 nitrogen and oxygen atoms in total. The van der Waals surface area contributed by atoms with E-state index in [0.717, 1.165) is 6.08 Å². The van der Waals surface area contributed by atoms with Gasteiger partial charge in [-0.1, -0.05) is 13.5 Å². The maximum atomic E-state index is 9.37. The molecule has 0 bridgehead atoms. The van der Waals surface area contributed by atoms with Crippen LogP contribution in [-0.4, -0.2) is 22.2 Å². The summed E-state index contributed by atoms with van der Waals surface area (Å²) in [6, 6.07) is 0. The molecule has 0 aliphatic heterocycles. The molecule has 0 aromatic heterocycles. The van der Waals surface area contributed by atoms with E-state index >= 15 is 0 Å². The van der Waals surface area contributed by atoms with E-state index in [1.807, 2.05) is 0 Å². The van der Waals surface area contributed by atoms with Gasteiger partial charge in [-0.25, -0.2) is 4.79 Å². The van der Waals surface area contributed by atoms with Crippen LogP contribution >= 0.6 is 0 Å². The molecule has 11 heavy (non-hydrogen) atoms. The molecule has 0 aromatic rings. The second-order valence-electron chi connectivity index (χ2n) is 1.29. The summed E-state index contributed by atoms with van der Waals surface area (Å²) in [7, 11) is 0. The molecule has 0 spiro atoms. The van der Waals surface area contributed by atoms with Gasteiger partial charge in [0.1, 0.15) is 0 Å². The van der Waals surface area contributed by atoms with Gasteiger partial charge in [0.25, 0.3) is 0 Å². The first-order valence-electron chi connectivity index (χ1n) is 2.61. The minimum Gasteiger partial charge on any atom is -0.481 e. The number of carboxylic acids is 2. The van der Waals surface area contributed by atoms with Gasteiger partial charge < -0.3 is 10.2 Å². The molecule has 0 amide bonds. The van der Waals surface area contributed by atoms with Crippen LogP contribution in [0.25, 0.3) is 0 Å². The van der Waals surface area contributed by atoms with E-state index in [2.05, 4.69) is 6.58 Å². The molecule has 2 N–H and O–H groups in total. The van der Waals surface area contributed by atoms with Crippen molar-refractivity contribution in [2.45, 2.75) is 13.3 Å². The van der Waals surface area contributed by atoms with Crippen molar-refractivity contribution in [1.82, 2.24) is 0 Å². The zero-order valence-corrected chi connectivity index (χ0v) is 6.95. The van der Waals surface area contributed by atoms with Gasteiger partial charge in [-0.15, -0.1) is 0 Å². The molecule has 0 atom stereocenters. The molecule has 0 saturated carbocycles. The van der Waals surface area contributed by atoms with Crippen molar-refractivity contribution in [3.05, 3.63) is 12.7 Å². The molecule has 1 radical (unpaired) electrons. The van der Waals surface area contributed by atoms with E-state index in [1.54, 1.807) is 6.92 Å². The van der Waals surface area contributed by atoms with E-state index in [1.165, 1.54) is 0 Å². The molecule has 0 unspecified atom stereocenters. The van der Waals surface area contributed by atoms with Crippen LogP contribution in [0.1, 0.15) is 13.3 Å². The fourth-order valence-electron chi connectivity index (χ4n) is 0. The fourth-order valence-corrected chi connectivity index (χ4v) is 0. The second-order valence-corrected chi connectivity index (χ2v) is 1.29. The number of rotatable bonds is 2. The molecule has 0 heterocycles. The van der Waals surface area contributed by atoms with Gasteiger partial charge in [0.15, 0.2) is 0 Å². The molecule has 5 heteroatoms. The van der Waals surface area contributed by atoms with Gasteiger partial charge >= 0.3 is 11.9 Å². The Morgan fingerprint density at radius 1 is 1.45 bits per heavy atom. The number of carboxylic acid groups (broad SMARTS) is 2. The first-order chi connectivity index (χ1) is 4.54. The molecule has 0 rings (SSSR count). The maximum Gasteiger partial charge on any atom is 0.327 e. The summed E-state index contributed by atoms with van der Waals surface area (Å²) < 4.78 is 0. The van der Waals surface area contributed by atoms with Crippen molar-refractivity contribution < 1.29 is 36.9 Å². The molecule has 69 valence electrons. The maximum absolute atomic E-state index is 9.37. The van der Waals surface area contributed by atoms with Crippen LogP contribution in [0.5, 0.6) is 0 Å². The third-order valence-electron chi connectivity index (χ3n) is 0.477. The number of hydrogen-bond donors (Lipinski definition) is 2. The van der Waals surface area contributed by atoms with Crippen LogP contribution in [0, 0.1) is 0 Å².